The monoisotopic (exact) mass is 341 g/mol. The van der Waals surface area contributed by atoms with E-state index in [9.17, 15) is 13.2 Å². The van der Waals surface area contributed by atoms with Gasteiger partial charge in [0.15, 0.2) is 0 Å². The highest BCUT2D eigenvalue weighted by molar-refractivity contribution is 7.90. The highest BCUT2D eigenvalue weighted by atomic mass is 32.2. The van der Waals surface area contributed by atoms with Gasteiger partial charge in [-0.15, -0.1) is 0 Å². The third-order valence-corrected chi connectivity index (χ3v) is 5.29. The minimum Gasteiger partial charge on any atom is -0.376 e. The number of benzene rings is 1. The molecule has 1 amide bonds. The van der Waals surface area contributed by atoms with Gasteiger partial charge in [-0.25, -0.2) is 13.1 Å². The van der Waals surface area contributed by atoms with Gasteiger partial charge in [0.2, 0.25) is 0 Å². The normalized spacial score (nSPS) is 19.5. The van der Waals surface area contributed by atoms with Crippen molar-refractivity contribution in [1.29, 1.82) is 0 Å². The number of carbonyl (C=O) groups is 1. The molecule has 2 atom stereocenters. The second-order valence-corrected chi connectivity index (χ2v) is 7.51. The lowest BCUT2D eigenvalue weighted by molar-refractivity contribution is -0.131. The maximum atomic E-state index is 12.3. The topological polar surface area (TPSA) is 81.7 Å². The van der Waals surface area contributed by atoms with Gasteiger partial charge < -0.3 is 9.47 Å². The van der Waals surface area contributed by atoms with Crippen molar-refractivity contribution < 1.29 is 22.7 Å². The van der Waals surface area contributed by atoms with Crippen molar-refractivity contribution in [3.05, 3.63) is 29.3 Å². The molecule has 0 aliphatic carbocycles. The number of nitrogens with one attached hydrogen (secondary N) is 1. The molecule has 1 aromatic rings. The van der Waals surface area contributed by atoms with Gasteiger partial charge in [0.05, 0.1) is 17.6 Å². The molecule has 6 nitrogen and oxygen atoms in total. The molecule has 1 aromatic carbocycles. The predicted octanol–water partition coefficient (Wildman–Crippen LogP) is 1.69. The van der Waals surface area contributed by atoms with Crippen molar-refractivity contribution in [1.82, 2.24) is 4.72 Å². The van der Waals surface area contributed by atoms with Crippen molar-refractivity contribution in [2.45, 2.75) is 50.7 Å². The van der Waals surface area contributed by atoms with Gasteiger partial charge in [-0.05, 0) is 56.9 Å². The van der Waals surface area contributed by atoms with E-state index in [1.165, 1.54) is 13.0 Å². The number of sulfonamides is 1. The third kappa shape index (κ3) is 4.76. The standard InChI is InChI=1S/C16H23NO5S/c1-11-6-7-15(9-12(11)2)23(19,20)17-16(18)13(3)22-10-14-5-4-8-21-14/h6-7,9,13-14H,4-5,8,10H2,1-3H3,(H,17,18)/t13-,14+/m0/s1. The molecular formula is C16H23NO5S. The van der Waals surface area contributed by atoms with Crippen LogP contribution in [-0.4, -0.2) is 39.7 Å². The SMILES string of the molecule is Cc1ccc(S(=O)(=O)NC(=O)[C@H](C)OC[C@H]2CCCO2)cc1C. The van der Waals surface area contributed by atoms with E-state index in [0.717, 1.165) is 24.0 Å². The lowest BCUT2D eigenvalue weighted by atomic mass is 10.1. The molecule has 7 heteroatoms. The Bertz CT molecular complexity index is 665. The smallest absolute Gasteiger partial charge is 0.264 e. The molecule has 0 aromatic heterocycles. The van der Waals surface area contributed by atoms with Crippen LogP contribution >= 0.6 is 0 Å². The zero-order chi connectivity index (χ0) is 17.0. The first-order valence-electron chi connectivity index (χ1n) is 7.67. The molecule has 23 heavy (non-hydrogen) atoms. The average molecular weight is 341 g/mol. The van der Waals surface area contributed by atoms with Gasteiger partial charge in [-0.3, -0.25) is 4.79 Å². The highest BCUT2D eigenvalue weighted by Gasteiger charge is 2.24. The molecule has 0 spiro atoms. The van der Waals surface area contributed by atoms with Crippen LogP contribution < -0.4 is 4.72 Å². The summed E-state index contributed by atoms with van der Waals surface area (Å²) in [5, 5.41) is 0. The largest absolute Gasteiger partial charge is 0.376 e. The van der Waals surface area contributed by atoms with Crippen LogP contribution in [0.1, 0.15) is 30.9 Å². The molecule has 1 heterocycles. The highest BCUT2D eigenvalue weighted by Crippen LogP contribution is 2.15. The second-order valence-electron chi connectivity index (χ2n) is 5.83. The van der Waals surface area contributed by atoms with Crippen molar-refractivity contribution >= 4 is 15.9 Å². The first kappa shape index (κ1) is 17.9. The fourth-order valence-electron chi connectivity index (χ4n) is 2.26. The third-order valence-electron chi connectivity index (χ3n) is 3.95. The molecule has 1 N–H and O–H groups in total. The summed E-state index contributed by atoms with van der Waals surface area (Å²) in [4.78, 5) is 12.1. The Morgan fingerprint density at radius 1 is 1.39 bits per heavy atom. The molecule has 0 unspecified atom stereocenters. The summed E-state index contributed by atoms with van der Waals surface area (Å²) in [7, 11) is -3.89. The Hall–Kier alpha value is -1.44. The minimum absolute atomic E-state index is 0.0124. The maximum absolute atomic E-state index is 12.3. The van der Waals surface area contributed by atoms with Gasteiger partial charge in [-0.2, -0.15) is 0 Å². The van der Waals surface area contributed by atoms with Crippen LogP contribution in [0.3, 0.4) is 0 Å². The molecule has 0 radical (unpaired) electrons. The Kier molecular flexibility index (Phi) is 5.78. The molecule has 1 aliphatic rings. The van der Waals surface area contributed by atoms with Gasteiger partial charge in [0.1, 0.15) is 6.10 Å². The number of amides is 1. The lowest BCUT2D eigenvalue weighted by Gasteiger charge is -2.16. The number of carbonyl (C=O) groups excluding carboxylic acids is 1. The quantitative estimate of drug-likeness (QED) is 0.851. The molecule has 2 rings (SSSR count). The summed E-state index contributed by atoms with van der Waals surface area (Å²) in [5.41, 5.74) is 1.84. The van der Waals surface area contributed by atoms with Crippen molar-refractivity contribution in [2.75, 3.05) is 13.2 Å². The van der Waals surface area contributed by atoms with Crippen LogP contribution in [0.2, 0.25) is 0 Å². The molecule has 0 bridgehead atoms. The van der Waals surface area contributed by atoms with Crippen molar-refractivity contribution in [3.63, 3.8) is 0 Å². The minimum atomic E-state index is -3.89. The number of hydrogen-bond acceptors (Lipinski definition) is 5. The average Bonchev–Trinajstić information content (AvgIpc) is 3.00. The van der Waals surface area contributed by atoms with E-state index in [2.05, 4.69) is 4.72 Å². The lowest BCUT2D eigenvalue weighted by Crippen LogP contribution is -2.39. The Labute approximate surface area is 137 Å². The van der Waals surface area contributed by atoms with Gasteiger partial charge in [0.25, 0.3) is 15.9 Å². The first-order chi connectivity index (χ1) is 10.8. The molecule has 1 aliphatic heterocycles. The number of rotatable bonds is 6. The number of aryl methyl sites for hydroxylation is 2. The van der Waals surface area contributed by atoms with Gasteiger partial charge in [0, 0.05) is 6.61 Å². The summed E-state index contributed by atoms with van der Waals surface area (Å²) in [5.74, 6) is -0.679. The van der Waals surface area contributed by atoms with E-state index in [1.54, 1.807) is 12.1 Å². The molecule has 128 valence electrons. The molecule has 1 fully saturated rings. The van der Waals surface area contributed by atoms with E-state index in [4.69, 9.17) is 9.47 Å². The first-order valence-corrected chi connectivity index (χ1v) is 9.15. The number of ether oxygens (including phenoxy) is 2. The van der Waals surface area contributed by atoms with E-state index in [-0.39, 0.29) is 17.6 Å². The van der Waals surface area contributed by atoms with Crippen LogP contribution in [0.15, 0.2) is 23.1 Å². The summed E-state index contributed by atoms with van der Waals surface area (Å²) in [6, 6.07) is 4.74. The van der Waals surface area contributed by atoms with E-state index in [1.807, 2.05) is 13.8 Å². The van der Waals surface area contributed by atoms with Crippen molar-refractivity contribution in [2.24, 2.45) is 0 Å². The van der Waals surface area contributed by atoms with Crippen LogP contribution in [0.5, 0.6) is 0 Å². The zero-order valence-corrected chi connectivity index (χ0v) is 14.5. The Morgan fingerprint density at radius 3 is 2.74 bits per heavy atom. The summed E-state index contributed by atoms with van der Waals surface area (Å²) in [6.07, 6.45) is 1.01. The maximum Gasteiger partial charge on any atom is 0.264 e. The van der Waals surface area contributed by atoms with E-state index < -0.39 is 22.0 Å². The summed E-state index contributed by atoms with van der Waals surface area (Å²) in [6.45, 7) is 6.24. The number of hydrogen-bond donors (Lipinski definition) is 1. The molecular weight excluding hydrogens is 318 g/mol. The van der Waals surface area contributed by atoms with Crippen LogP contribution in [0, 0.1) is 13.8 Å². The fraction of sp³-hybridized carbons (Fsp3) is 0.562. The Balaban J connectivity index is 1.95. The van der Waals surface area contributed by atoms with Crippen LogP contribution in [0.25, 0.3) is 0 Å². The van der Waals surface area contributed by atoms with Crippen LogP contribution in [-0.2, 0) is 24.3 Å². The molecule has 1 saturated heterocycles. The van der Waals surface area contributed by atoms with Gasteiger partial charge in [-0.1, -0.05) is 6.07 Å². The van der Waals surface area contributed by atoms with Crippen molar-refractivity contribution in [3.8, 4) is 0 Å². The second kappa shape index (κ2) is 7.42. The Morgan fingerprint density at radius 2 is 2.13 bits per heavy atom. The van der Waals surface area contributed by atoms with Crippen LogP contribution in [0.4, 0.5) is 0 Å². The molecule has 0 saturated carbocycles. The predicted molar refractivity (Wildman–Crippen MR) is 85.6 cm³/mol. The fourth-order valence-corrected chi connectivity index (χ4v) is 3.39. The summed E-state index contributed by atoms with van der Waals surface area (Å²) >= 11 is 0. The van der Waals surface area contributed by atoms with E-state index >= 15 is 0 Å². The summed E-state index contributed by atoms with van der Waals surface area (Å²) < 4.78 is 37.4. The van der Waals surface area contributed by atoms with E-state index in [0.29, 0.717) is 6.61 Å². The zero-order valence-electron chi connectivity index (χ0n) is 13.7. The van der Waals surface area contributed by atoms with Gasteiger partial charge >= 0.3 is 0 Å².